The van der Waals surface area contributed by atoms with E-state index in [0.717, 1.165) is 44.1 Å². The van der Waals surface area contributed by atoms with E-state index in [0.29, 0.717) is 23.4 Å². The Kier molecular flexibility index (Phi) is 11.3. The number of methoxy groups -OCH3 is 2. The Balaban J connectivity index is 0.000000468. The number of carbonyl (C=O) groups excluding carboxylic acids is 1. The van der Waals surface area contributed by atoms with Crippen LogP contribution in [-0.2, 0) is 14.3 Å². The minimum Gasteiger partial charge on any atom is -0.460 e. The van der Waals surface area contributed by atoms with Gasteiger partial charge in [-0.15, -0.1) is 0 Å². The van der Waals surface area contributed by atoms with Crippen molar-refractivity contribution < 1.29 is 18.5 Å². The molecule has 0 aromatic heterocycles. The van der Waals surface area contributed by atoms with Crippen molar-refractivity contribution in [3.05, 3.63) is 23.9 Å². The summed E-state index contributed by atoms with van der Waals surface area (Å²) in [7, 11) is 0.935. The monoisotopic (exact) mass is 485 g/mol. The first-order valence-corrected chi connectivity index (χ1v) is 13.2. The van der Waals surface area contributed by atoms with Crippen LogP contribution in [0.1, 0.15) is 58.8 Å². The van der Waals surface area contributed by atoms with Crippen LogP contribution in [0.5, 0.6) is 0 Å². The van der Waals surface area contributed by atoms with Crippen LogP contribution in [0.2, 0.25) is 0 Å². The summed E-state index contributed by atoms with van der Waals surface area (Å²) in [5.41, 5.74) is 6.57. The lowest BCUT2D eigenvalue weighted by Gasteiger charge is -2.42. The lowest BCUT2D eigenvalue weighted by molar-refractivity contribution is -0.110. The molecule has 33 heavy (non-hydrogen) atoms. The molecule has 9 heteroatoms. The van der Waals surface area contributed by atoms with E-state index in [2.05, 4.69) is 28.6 Å². The molecule has 3 aliphatic rings. The van der Waals surface area contributed by atoms with E-state index in [9.17, 15) is 8.99 Å². The highest BCUT2D eigenvalue weighted by molar-refractivity contribution is 7.57. The second-order valence-corrected chi connectivity index (χ2v) is 10.9. The maximum atomic E-state index is 14.8. The average molecular weight is 486 g/mol. The normalized spacial score (nSPS) is 24.5. The van der Waals surface area contributed by atoms with Crippen LogP contribution in [0.25, 0.3) is 0 Å². The molecular weight excluding hydrogens is 442 g/mol. The van der Waals surface area contributed by atoms with E-state index >= 15 is 0 Å². The summed E-state index contributed by atoms with van der Waals surface area (Å²) < 4.78 is 25.3. The maximum Gasteiger partial charge on any atom is 0.423 e. The average Bonchev–Trinajstić information content (AvgIpc) is 3.55. The van der Waals surface area contributed by atoms with Crippen LogP contribution < -0.4 is 11.1 Å². The van der Waals surface area contributed by atoms with Gasteiger partial charge in [0.2, 0.25) is 6.41 Å². The molecule has 2 saturated carbocycles. The first kappa shape index (κ1) is 27.8. The molecular formula is C24H43FN4O3P+. The highest BCUT2D eigenvalue weighted by atomic mass is 31.1. The molecule has 2 atom stereocenters. The zero-order chi connectivity index (χ0) is 24.4. The number of allylic oxidation sites excluding steroid dienone is 1. The van der Waals surface area contributed by atoms with Crippen molar-refractivity contribution in [2.45, 2.75) is 70.5 Å². The molecule has 1 amide bonds. The molecule has 3 fully saturated rings. The fourth-order valence-corrected chi connectivity index (χ4v) is 5.48. The van der Waals surface area contributed by atoms with Crippen molar-refractivity contribution in [2.75, 3.05) is 40.4 Å². The van der Waals surface area contributed by atoms with E-state index in [1.165, 1.54) is 52.9 Å². The zero-order valence-electron chi connectivity index (χ0n) is 20.8. The number of nitrogens with two attached hydrogens (primary N) is 1. The Morgan fingerprint density at radius 1 is 1.24 bits per heavy atom. The molecule has 1 saturated heterocycles. The SMILES string of the molecule is C=C/C(=C(OC)\[P+](F)=C(/C)OC)N1CCN(CC2CCCCC2)[C@H](C)C1.NC1(NC=O)CC1. The zero-order valence-corrected chi connectivity index (χ0v) is 21.7. The number of carbonyl (C=O) groups is 1. The standard InChI is InChI=1S/C20H35FN2O2P.C4H8N2O/c1-6-19(20(25-5)26(21)17(3)24-4)23-13-12-22(16(2)14-23)15-18-10-8-7-9-11-18;5-4(1-2-4)6-3-7/h6,16,18H,1,7-15H2,2-5H3;3H,1-2,5H2,(H,6,7)/q+1;/b20-19+;/t16-;/m1./s1. The van der Waals surface area contributed by atoms with Gasteiger partial charge in [0.15, 0.2) is 0 Å². The summed E-state index contributed by atoms with van der Waals surface area (Å²) in [6, 6.07) is 0.442. The molecule has 0 aromatic rings. The Morgan fingerprint density at radius 3 is 2.36 bits per heavy atom. The van der Waals surface area contributed by atoms with Crippen molar-refractivity contribution in [1.29, 1.82) is 0 Å². The third-order valence-corrected chi connectivity index (χ3v) is 8.32. The van der Waals surface area contributed by atoms with Crippen molar-refractivity contribution in [1.82, 2.24) is 15.1 Å². The predicted molar refractivity (Wildman–Crippen MR) is 134 cm³/mol. The number of hydrogen-bond donors (Lipinski definition) is 2. The van der Waals surface area contributed by atoms with Crippen molar-refractivity contribution in [2.24, 2.45) is 11.7 Å². The molecule has 3 rings (SSSR count). The lowest BCUT2D eigenvalue weighted by atomic mass is 9.88. The topological polar surface area (TPSA) is 80.1 Å². The summed E-state index contributed by atoms with van der Waals surface area (Å²) in [6.45, 7) is 11.8. The highest BCUT2D eigenvalue weighted by Crippen LogP contribution is 2.41. The van der Waals surface area contributed by atoms with Crippen LogP contribution in [0.3, 0.4) is 0 Å². The summed E-state index contributed by atoms with van der Waals surface area (Å²) in [6.07, 6.45) is 11.1. The van der Waals surface area contributed by atoms with E-state index in [4.69, 9.17) is 15.2 Å². The van der Waals surface area contributed by atoms with E-state index in [1.54, 1.807) is 13.0 Å². The molecule has 3 N–H and O–H groups in total. The van der Waals surface area contributed by atoms with Gasteiger partial charge in [0.05, 0.1) is 12.8 Å². The van der Waals surface area contributed by atoms with Gasteiger partial charge < -0.3 is 25.4 Å². The quantitative estimate of drug-likeness (QED) is 0.169. The van der Waals surface area contributed by atoms with E-state index in [-0.39, 0.29) is 5.66 Å². The maximum absolute atomic E-state index is 14.8. The smallest absolute Gasteiger partial charge is 0.423 e. The van der Waals surface area contributed by atoms with Crippen LogP contribution in [0, 0.1) is 5.92 Å². The first-order chi connectivity index (χ1) is 15.8. The molecule has 188 valence electrons. The number of nitrogens with one attached hydrogen (secondary N) is 1. The van der Waals surface area contributed by atoms with Crippen LogP contribution in [-0.4, -0.2) is 73.8 Å². The molecule has 2 aliphatic carbocycles. The molecule has 0 aromatic carbocycles. The van der Waals surface area contributed by atoms with Gasteiger partial charge in [-0.05, 0) is 44.6 Å². The van der Waals surface area contributed by atoms with Gasteiger partial charge in [0.25, 0.3) is 5.48 Å². The summed E-state index contributed by atoms with van der Waals surface area (Å²) in [5, 5.41) is 2.49. The number of amides is 1. The Labute approximate surface area is 200 Å². The van der Waals surface area contributed by atoms with Crippen molar-refractivity contribution in [3.63, 3.8) is 0 Å². The number of rotatable bonds is 9. The first-order valence-electron chi connectivity index (χ1n) is 12.0. The van der Waals surface area contributed by atoms with Crippen LogP contribution in [0.4, 0.5) is 4.20 Å². The summed E-state index contributed by atoms with van der Waals surface area (Å²) in [5.74, 6) is 0.847. The van der Waals surface area contributed by atoms with E-state index < -0.39 is 7.86 Å². The van der Waals surface area contributed by atoms with E-state index in [1.807, 2.05) is 0 Å². The molecule has 0 bridgehead atoms. The predicted octanol–water partition coefficient (Wildman–Crippen LogP) is 3.92. The number of ether oxygens (including phenoxy) is 2. The largest absolute Gasteiger partial charge is 0.460 e. The molecule has 0 radical (unpaired) electrons. The molecule has 0 spiro atoms. The third kappa shape index (κ3) is 8.36. The van der Waals surface area contributed by atoms with Crippen LogP contribution in [0.15, 0.2) is 23.9 Å². The van der Waals surface area contributed by atoms with Crippen molar-refractivity contribution in [3.8, 4) is 0 Å². The lowest BCUT2D eigenvalue weighted by Crippen LogP contribution is -2.52. The summed E-state index contributed by atoms with van der Waals surface area (Å²) >= 11 is 0. The van der Waals surface area contributed by atoms with Gasteiger partial charge in [0, 0.05) is 50.5 Å². The Hall–Kier alpha value is -1.47. The Bertz CT molecular complexity index is 720. The Morgan fingerprint density at radius 2 is 1.91 bits per heavy atom. The minimum atomic E-state index is -2.09. The number of halogens is 1. The van der Waals surface area contributed by atoms with Crippen molar-refractivity contribution >= 4 is 19.7 Å². The summed E-state index contributed by atoms with van der Waals surface area (Å²) in [4.78, 5) is 14.5. The van der Waals surface area contributed by atoms with Gasteiger partial charge in [-0.3, -0.25) is 9.69 Å². The van der Waals surface area contributed by atoms with Crippen LogP contribution >= 0.6 is 7.86 Å². The number of nitrogens with zero attached hydrogens (tertiary/aromatic N) is 2. The fourth-order valence-electron chi connectivity index (χ4n) is 4.44. The molecule has 1 unspecified atom stereocenters. The molecule has 1 aliphatic heterocycles. The van der Waals surface area contributed by atoms with Gasteiger partial charge in [-0.2, -0.15) is 0 Å². The second-order valence-electron chi connectivity index (χ2n) is 9.31. The number of hydrogen-bond acceptors (Lipinski definition) is 6. The third-order valence-electron chi connectivity index (χ3n) is 6.81. The molecule has 7 nitrogen and oxygen atoms in total. The highest BCUT2D eigenvalue weighted by Gasteiger charge is 2.37. The minimum absolute atomic E-state index is 0.318. The fraction of sp³-hybridized carbons (Fsp3) is 0.750. The van der Waals surface area contributed by atoms with Gasteiger partial charge in [0.1, 0.15) is 5.70 Å². The van der Waals surface area contributed by atoms with Gasteiger partial charge in [-0.25, -0.2) is 0 Å². The van der Waals surface area contributed by atoms with Gasteiger partial charge in [-0.1, -0.05) is 25.8 Å². The number of piperazine rings is 1. The second kappa shape index (κ2) is 13.4. The molecule has 1 heterocycles. The van der Waals surface area contributed by atoms with Gasteiger partial charge >= 0.3 is 13.4 Å².